The van der Waals surface area contributed by atoms with Gasteiger partial charge in [0.1, 0.15) is 11.8 Å². The van der Waals surface area contributed by atoms with E-state index in [0.717, 1.165) is 11.3 Å². The molecule has 2 saturated heterocycles. The highest BCUT2D eigenvalue weighted by Gasteiger charge is 2.54. The second kappa shape index (κ2) is 10.4. The maximum absolute atomic E-state index is 13.8. The summed E-state index contributed by atoms with van der Waals surface area (Å²) in [5.41, 5.74) is 1.20. The number of pyridine rings is 1. The van der Waals surface area contributed by atoms with Crippen molar-refractivity contribution in [3.05, 3.63) is 65.5 Å². The number of ether oxygens (including phenoxy) is 1. The molecule has 0 saturated carbocycles. The molecular weight excluding hydrogens is 456 g/mol. The van der Waals surface area contributed by atoms with Gasteiger partial charge in [0.05, 0.1) is 18.8 Å². The molecule has 2 aliphatic heterocycles. The largest absolute Gasteiger partial charge is 0.353 e. The van der Waals surface area contributed by atoms with Gasteiger partial charge < -0.3 is 15.0 Å². The molecule has 0 radical (unpaired) electrons. The van der Waals surface area contributed by atoms with Crippen LogP contribution in [0.4, 0.5) is 0 Å². The Kier molecular flexibility index (Phi) is 7.45. The minimum atomic E-state index is -0.924. The standard InChI is InChI=1S/C28H36N4O4/c1-20-8-7-9-21(16-20)26(35)32-23(25(34)30-18-22-10-5-6-13-29-22)19-36-28(32)11-14-31(15-12-28)24(33)17-27(2,3)4/h5-10,13,16,23H,11-12,14-15,17-19H2,1-4H3,(H,30,34). The van der Waals surface area contributed by atoms with Crippen molar-refractivity contribution < 1.29 is 19.1 Å². The number of aromatic nitrogens is 1. The molecule has 1 aromatic heterocycles. The summed E-state index contributed by atoms with van der Waals surface area (Å²) in [6.07, 6.45) is 3.07. The third kappa shape index (κ3) is 5.75. The summed E-state index contributed by atoms with van der Waals surface area (Å²) in [5.74, 6) is -0.398. The van der Waals surface area contributed by atoms with Crippen LogP contribution in [0.5, 0.6) is 0 Å². The van der Waals surface area contributed by atoms with Gasteiger partial charge >= 0.3 is 0 Å². The fourth-order valence-corrected chi connectivity index (χ4v) is 4.95. The number of nitrogens with zero attached hydrogens (tertiary/aromatic N) is 3. The molecule has 8 nitrogen and oxygen atoms in total. The minimum Gasteiger partial charge on any atom is -0.353 e. The topological polar surface area (TPSA) is 91.8 Å². The van der Waals surface area contributed by atoms with Crippen molar-refractivity contribution in [3.63, 3.8) is 0 Å². The average Bonchev–Trinajstić information content (AvgIpc) is 3.20. The van der Waals surface area contributed by atoms with Gasteiger partial charge in [0.2, 0.25) is 11.8 Å². The lowest BCUT2D eigenvalue weighted by molar-refractivity contribution is -0.145. The lowest BCUT2D eigenvalue weighted by Gasteiger charge is -2.45. The van der Waals surface area contributed by atoms with Crippen LogP contribution in [0.15, 0.2) is 48.7 Å². The molecular formula is C28H36N4O4. The van der Waals surface area contributed by atoms with Gasteiger partial charge in [-0.25, -0.2) is 0 Å². The molecule has 2 fully saturated rings. The third-order valence-electron chi connectivity index (χ3n) is 6.80. The first-order chi connectivity index (χ1) is 17.1. The fraction of sp³-hybridized carbons (Fsp3) is 0.500. The Hall–Kier alpha value is -3.26. The Bertz CT molecular complexity index is 1100. The van der Waals surface area contributed by atoms with Gasteiger partial charge in [-0.15, -0.1) is 0 Å². The van der Waals surface area contributed by atoms with E-state index in [1.807, 2.05) is 69.0 Å². The highest BCUT2D eigenvalue weighted by atomic mass is 16.5. The monoisotopic (exact) mass is 492 g/mol. The molecule has 0 bridgehead atoms. The molecule has 1 aromatic carbocycles. The number of amides is 3. The summed E-state index contributed by atoms with van der Waals surface area (Å²) in [4.78, 5) is 47.7. The lowest BCUT2D eigenvalue weighted by atomic mass is 9.90. The van der Waals surface area contributed by atoms with Gasteiger partial charge in [-0.05, 0) is 36.6 Å². The van der Waals surface area contributed by atoms with E-state index < -0.39 is 11.8 Å². The van der Waals surface area contributed by atoms with E-state index in [-0.39, 0.29) is 36.3 Å². The second-order valence-electron chi connectivity index (χ2n) is 11.0. The van der Waals surface area contributed by atoms with Crippen LogP contribution in [0, 0.1) is 12.3 Å². The molecule has 2 aliphatic rings. The fourth-order valence-electron chi connectivity index (χ4n) is 4.95. The van der Waals surface area contributed by atoms with Crippen LogP contribution in [0.1, 0.15) is 61.6 Å². The van der Waals surface area contributed by atoms with E-state index in [2.05, 4.69) is 10.3 Å². The summed E-state index contributed by atoms with van der Waals surface area (Å²) in [7, 11) is 0. The van der Waals surface area contributed by atoms with E-state index in [1.165, 1.54) is 0 Å². The van der Waals surface area contributed by atoms with Gasteiger partial charge in [0.15, 0.2) is 0 Å². The zero-order chi connectivity index (χ0) is 25.9. The normalized spacial score (nSPS) is 19.4. The van der Waals surface area contributed by atoms with Crippen LogP contribution in [0.2, 0.25) is 0 Å². The summed E-state index contributed by atoms with van der Waals surface area (Å²) in [5, 5.41) is 2.92. The number of hydrogen-bond acceptors (Lipinski definition) is 5. The van der Waals surface area contributed by atoms with E-state index in [0.29, 0.717) is 37.9 Å². The molecule has 192 valence electrons. The molecule has 3 heterocycles. The SMILES string of the molecule is Cc1cccc(C(=O)N2C(C(=O)NCc3ccccn3)COC23CCN(C(=O)CC(C)(C)C)CC3)c1. The minimum absolute atomic E-state index is 0.0972. The zero-order valence-corrected chi connectivity index (χ0v) is 21.6. The molecule has 2 aromatic rings. The van der Waals surface area contributed by atoms with Crippen LogP contribution in [-0.4, -0.2) is 64.0 Å². The number of piperidine rings is 1. The van der Waals surface area contributed by atoms with E-state index >= 15 is 0 Å². The van der Waals surface area contributed by atoms with Crippen molar-refractivity contribution in [1.82, 2.24) is 20.1 Å². The molecule has 36 heavy (non-hydrogen) atoms. The number of likely N-dealkylation sites (tertiary alicyclic amines) is 1. The van der Waals surface area contributed by atoms with Gasteiger partial charge in [-0.3, -0.25) is 24.3 Å². The first kappa shape index (κ1) is 25.8. The first-order valence-electron chi connectivity index (χ1n) is 12.6. The van der Waals surface area contributed by atoms with Crippen molar-refractivity contribution in [2.45, 2.75) is 65.3 Å². The number of carbonyl (C=O) groups is 3. The maximum atomic E-state index is 13.8. The maximum Gasteiger partial charge on any atom is 0.256 e. The van der Waals surface area contributed by atoms with Gasteiger partial charge in [0.25, 0.3) is 5.91 Å². The summed E-state index contributed by atoms with van der Waals surface area (Å²) < 4.78 is 6.27. The molecule has 1 N–H and O–H groups in total. The predicted octanol–water partition coefficient (Wildman–Crippen LogP) is 3.30. The zero-order valence-electron chi connectivity index (χ0n) is 21.6. The first-order valence-corrected chi connectivity index (χ1v) is 12.6. The second-order valence-corrected chi connectivity index (χ2v) is 11.0. The van der Waals surface area contributed by atoms with Crippen LogP contribution in [0.25, 0.3) is 0 Å². The summed E-state index contributed by atoms with van der Waals surface area (Å²) in [6.45, 7) is 9.42. The smallest absolute Gasteiger partial charge is 0.256 e. The molecule has 1 atom stereocenters. The van der Waals surface area contributed by atoms with E-state index in [9.17, 15) is 14.4 Å². The number of rotatable bonds is 5. The average molecular weight is 493 g/mol. The Balaban J connectivity index is 1.54. The Morgan fingerprint density at radius 2 is 1.86 bits per heavy atom. The van der Waals surface area contributed by atoms with Crippen molar-refractivity contribution in [2.75, 3.05) is 19.7 Å². The number of aryl methyl sites for hydroxylation is 1. The molecule has 0 aliphatic carbocycles. The lowest BCUT2D eigenvalue weighted by Crippen LogP contribution is -2.59. The van der Waals surface area contributed by atoms with Crippen LogP contribution in [-0.2, 0) is 20.9 Å². The Labute approximate surface area is 213 Å². The summed E-state index contributed by atoms with van der Waals surface area (Å²) >= 11 is 0. The molecule has 1 spiro atoms. The highest BCUT2D eigenvalue weighted by molar-refractivity contribution is 5.98. The van der Waals surface area contributed by atoms with Crippen LogP contribution < -0.4 is 5.32 Å². The van der Waals surface area contributed by atoms with Crippen molar-refractivity contribution in [2.24, 2.45) is 5.41 Å². The number of nitrogens with one attached hydrogen (secondary N) is 1. The number of carbonyl (C=O) groups excluding carboxylic acids is 3. The number of hydrogen-bond donors (Lipinski definition) is 1. The van der Waals surface area contributed by atoms with E-state index in [1.54, 1.807) is 17.2 Å². The number of benzene rings is 1. The quantitative estimate of drug-likeness (QED) is 0.692. The van der Waals surface area contributed by atoms with Gasteiger partial charge in [-0.2, -0.15) is 0 Å². The van der Waals surface area contributed by atoms with Crippen molar-refractivity contribution >= 4 is 17.7 Å². The van der Waals surface area contributed by atoms with Crippen molar-refractivity contribution in [3.8, 4) is 0 Å². The van der Waals surface area contributed by atoms with Gasteiger partial charge in [-0.1, -0.05) is 44.5 Å². The summed E-state index contributed by atoms with van der Waals surface area (Å²) in [6, 6.07) is 12.1. The third-order valence-corrected chi connectivity index (χ3v) is 6.80. The molecule has 3 amide bonds. The Morgan fingerprint density at radius 1 is 1.11 bits per heavy atom. The Morgan fingerprint density at radius 3 is 2.50 bits per heavy atom. The van der Waals surface area contributed by atoms with Crippen LogP contribution >= 0.6 is 0 Å². The molecule has 8 heteroatoms. The predicted molar refractivity (Wildman–Crippen MR) is 136 cm³/mol. The van der Waals surface area contributed by atoms with Crippen LogP contribution in [0.3, 0.4) is 0 Å². The van der Waals surface area contributed by atoms with Gasteiger partial charge in [0, 0.05) is 44.1 Å². The highest BCUT2D eigenvalue weighted by Crippen LogP contribution is 2.39. The van der Waals surface area contributed by atoms with E-state index in [4.69, 9.17) is 4.74 Å². The molecule has 4 rings (SSSR count). The molecule has 1 unspecified atom stereocenters. The van der Waals surface area contributed by atoms with Crippen molar-refractivity contribution in [1.29, 1.82) is 0 Å².